The number of hydrogen-bond acceptors (Lipinski definition) is 5. The first-order valence-electron chi connectivity index (χ1n) is 4.51. The third kappa shape index (κ3) is 1.58. The molecule has 0 aliphatic carbocycles. The van der Waals surface area contributed by atoms with Crippen LogP contribution >= 0.6 is 0 Å². The van der Waals surface area contributed by atoms with E-state index in [1.54, 1.807) is 0 Å². The van der Waals surface area contributed by atoms with Crippen LogP contribution in [0.3, 0.4) is 0 Å². The van der Waals surface area contributed by atoms with Gasteiger partial charge in [-0.15, -0.1) is 0 Å². The van der Waals surface area contributed by atoms with Crippen molar-refractivity contribution in [3.63, 3.8) is 0 Å². The van der Waals surface area contributed by atoms with Crippen LogP contribution in [0.25, 0.3) is 0 Å². The van der Waals surface area contributed by atoms with E-state index < -0.39 is 24.6 Å². The Hall–Kier alpha value is -0.200. The highest BCUT2D eigenvalue weighted by Gasteiger charge is 2.46. The summed E-state index contributed by atoms with van der Waals surface area (Å²) in [6.45, 7) is 2.02. The number of aliphatic hydroxyl groups excluding tert-OH is 2. The molecule has 5 atom stereocenters. The standard InChI is InChI=1S/C8H14O5/c1-2-5-12-7-6(10)4(9)3-11-8(7)13-5/h4-10H,2-3H2,1H3. The molecule has 0 bridgehead atoms. The second kappa shape index (κ2) is 3.51. The molecule has 2 heterocycles. The molecule has 0 aromatic heterocycles. The molecular formula is C8H14O5. The lowest BCUT2D eigenvalue weighted by molar-refractivity contribution is -0.211. The smallest absolute Gasteiger partial charge is 0.189 e. The Labute approximate surface area is 76.2 Å². The monoisotopic (exact) mass is 190 g/mol. The van der Waals surface area contributed by atoms with Gasteiger partial charge < -0.3 is 24.4 Å². The van der Waals surface area contributed by atoms with Gasteiger partial charge in [0.25, 0.3) is 0 Å². The van der Waals surface area contributed by atoms with E-state index in [4.69, 9.17) is 14.2 Å². The lowest BCUT2D eigenvalue weighted by atomic mass is 10.1. The largest absolute Gasteiger partial charge is 0.388 e. The minimum atomic E-state index is -0.907. The van der Waals surface area contributed by atoms with Gasteiger partial charge >= 0.3 is 0 Å². The van der Waals surface area contributed by atoms with Crippen LogP contribution in [-0.2, 0) is 14.2 Å². The molecule has 2 N–H and O–H groups in total. The molecular weight excluding hydrogens is 176 g/mol. The van der Waals surface area contributed by atoms with Crippen molar-refractivity contribution in [3.8, 4) is 0 Å². The van der Waals surface area contributed by atoms with Gasteiger partial charge in [0.2, 0.25) is 0 Å². The first-order valence-corrected chi connectivity index (χ1v) is 4.51. The van der Waals surface area contributed by atoms with Gasteiger partial charge in [0.05, 0.1) is 6.61 Å². The summed E-state index contributed by atoms with van der Waals surface area (Å²) in [7, 11) is 0. The Morgan fingerprint density at radius 3 is 2.77 bits per heavy atom. The van der Waals surface area contributed by atoms with Crippen molar-refractivity contribution in [2.24, 2.45) is 0 Å². The van der Waals surface area contributed by atoms with E-state index in [9.17, 15) is 10.2 Å². The van der Waals surface area contributed by atoms with Crippen LogP contribution < -0.4 is 0 Å². The van der Waals surface area contributed by atoms with Gasteiger partial charge in [0, 0.05) is 0 Å². The van der Waals surface area contributed by atoms with Crippen molar-refractivity contribution in [3.05, 3.63) is 0 Å². The zero-order chi connectivity index (χ0) is 9.42. The molecule has 2 aliphatic rings. The highest BCUT2D eigenvalue weighted by molar-refractivity contribution is 4.87. The zero-order valence-electron chi connectivity index (χ0n) is 7.42. The van der Waals surface area contributed by atoms with Gasteiger partial charge in [0.15, 0.2) is 12.6 Å². The van der Waals surface area contributed by atoms with Gasteiger partial charge in [-0.25, -0.2) is 0 Å². The van der Waals surface area contributed by atoms with Gasteiger partial charge in [-0.3, -0.25) is 0 Å². The maximum absolute atomic E-state index is 9.53. The quantitative estimate of drug-likeness (QED) is 0.567. The summed E-state index contributed by atoms with van der Waals surface area (Å²) in [4.78, 5) is 0. The highest BCUT2D eigenvalue weighted by Crippen LogP contribution is 2.29. The molecule has 0 aromatic rings. The molecule has 0 saturated carbocycles. The normalized spacial score (nSPS) is 50.5. The minimum Gasteiger partial charge on any atom is -0.388 e. The molecule has 5 unspecified atom stereocenters. The molecule has 2 saturated heterocycles. The van der Waals surface area contributed by atoms with E-state index >= 15 is 0 Å². The van der Waals surface area contributed by atoms with Crippen molar-refractivity contribution in [2.45, 2.75) is 44.2 Å². The lowest BCUT2D eigenvalue weighted by Gasteiger charge is -2.31. The van der Waals surface area contributed by atoms with Gasteiger partial charge in [-0.1, -0.05) is 6.92 Å². The van der Waals surface area contributed by atoms with Crippen LogP contribution in [0.2, 0.25) is 0 Å². The number of fused-ring (bicyclic) bond motifs is 1. The summed E-state index contributed by atoms with van der Waals surface area (Å²) in [6.07, 6.45) is -2.47. The number of ether oxygens (including phenoxy) is 3. The fourth-order valence-corrected chi connectivity index (χ4v) is 1.58. The summed E-state index contributed by atoms with van der Waals surface area (Å²) < 4.78 is 15.8. The fourth-order valence-electron chi connectivity index (χ4n) is 1.58. The molecule has 0 radical (unpaired) electrons. The van der Waals surface area contributed by atoms with Crippen LogP contribution in [0.4, 0.5) is 0 Å². The average molecular weight is 190 g/mol. The first-order chi connectivity index (χ1) is 6.22. The highest BCUT2D eigenvalue weighted by atomic mass is 16.8. The lowest BCUT2D eigenvalue weighted by Crippen LogP contribution is -2.51. The van der Waals surface area contributed by atoms with Crippen LogP contribution in [0.15, 0.2) is 0 Å². The van der Waals surface area contributed by atoms with E-state index in [0.29, 0.717) is 6.42 Å². The van der Waals surface area contributed by atoms with Gasteiger partial charge in [-0.05, 0) is 6.42 Å². The Morgan fingerprint density at radius 2 is 2.08 bits per heavy atom. The summed E-state index contributed by atoms with van der Waals surface area (Å²) in [5.41, 5.74) is 0. The molecule has 0 aromatic carbocycles. The van der Waals surface area contributed by atoms with Crippen molar-refractivity contribution in [1.29, 1.82) is 0 Å². The summed E-state index contributed by atoms with van der Waals surface area (Å²) in [6, 6.07) is 0. The predicted octanol–water partition coefficient (Wildman–Crippen LogP) is -0.784. The predicted molar refractivity (Wildman–Crippen MR) is 41.8 cm³/mol. The first kappa shape index (κ1) is 9.36. The molecule has 13 heavy (non-hydrogen) atoms. The third-order valence-corrected chi connectivity index (χ3v) is 2.36. The maximum Gasteiger partial charge on any atom is 0.189 e. The molecule has 2 fully saturated rings. The number of aliphatic hydroxyl groups is 2. The molecule has 76 valence electrons. The van der Waals surface area contributed by atoms with Crippen LogP contribution in [-0.4, -0.2) is 47.7 Å². The Morgan fingerprint density at radius 1 is 1.31 bits per heavy atom. The van der Waals surface area contributed by atoms with E-state index in [-0.39, 0.29) is 12.9 Å². The molecule has 2 rings (SSSR count). The second-order valence-electron chi connectivity index (χ2n) is 3.33. The van der Waals surface area contributed by atoms with E-state index in [1.165, 1.54) is 0 Å². The SMILES string of the molecule is CCC1OC2OCC(O)C(O)C2O1. The molecule has 0 amide bonds. The average Bonchev–Trinajstić information content (AvgIpc) is 2.55. The molecule has 5 nitrogen and oxygen atoms in total. The Bertz CT molecular complexity index is 185. The summed E-state index contributed by atoms with van der Waals surface area (Å²) in [5, 5.41) is 18.8. The van der Waals surface area contributed by atoms with Gasteiger partial charge in [-0.2, -0.15) is 0 Å². The summed E-state index contributed by atoms with van der Waals surface area (Å²) >= 11 is 0. The second-order valence-corrected chi connectivity index (χ2v) is 3.33. The van der Waals surface area contributed by atoms with E-state index in [1.807, 2.05) is 6.92 Å². The third-order valence-electron chi connectivity index (χ3n) is 2.36. The van der Waals surface area contributed by atoms with Crippen LogP contribution in [0.5, 0.6) is 0 Å². The maximum atomic E-state index is 9.53. The van der Waals surface area contributed by atoms with Gasteiger partial charge in [0.1, 0.15) is 18.3 Å². The Kier molecular flexibility index (Phi) is 2.53. The van der Waals surface area contributed by atoms with Crippen molar-refractivity contribution in [2.75, 3.05) is 6.61 Å². The molecule has 0 spiro atoms. The van der Waals surface area contributed by atoms with Crippen molar-refractivity contribution < 1.29 is 24.4 Å². The van der Waals surface area contributed by atoms with E-state index in [0.717, 1.165) is 0 Å². The van der Waals surface area contributed by atoms with Crippen LogP contribution in [0.1, 0.15) is 13.3 Å². The van der Waals surface area contributed by atoms with E-state index in [2.05, 4.69) is 0 Å². The fraction of sp³-hybridized carbons (Fsp3) is 1.00. The Balaban J connectivity index is 2.02. The van der Waals surface area contributed by atoms with Crippen LogP contribution in [0, 0.1) is 0 Å². The van der Waals surface area contributed by atoms with Crippen molar-refractivity contribution in [1.82, 2.24) is 0 Å². The minimum absolute atomic E-state index is 0.0993. The molecule has 2 aliphatic heterocycles. The number of rotatable bonds is 1. The molecule has 5 heteroatoms. The number of hydrogen-bond donors (Lipinski definition) is 2. The topological polar surface area (TPSA) is 68.2 Å². The van der Waals surface area contributed by atoms with Crippen molar-refractivity contribution >= 4 is 0 Å². The summed E-state index contributed by atoms with van der Waals surface area (Å²) in [5.74, 6) is 0. The zero-order valence-corrected chi connectivity index (χ0v) is 7.42.